The minimum atomic E-state index is -0.469. The number of thiazole rings is 1. The monoisotopic (exact) mass is 346 g/mol. The second-order valence-electron chi connectivity index (χ2n) is 5.07. The van der Waals surface area contributed by atoms with Crippen molar-refractivity contribution < 1.29 is 4.79 Å². The molecule has 5 nitrogen and oxygen atoms in total. The van der Waals surface area contributed by atoms with Gasteiger partial charge in [-0.25, -0.2) is 4.98 Å². The van der Waals surface area contributed by atoms with Gasteiger partial charge in [0, 0.05) is 23.0 Å². The number of para-hydroxylation sites is 1. The number of nitrogens with zero attached hydrogens (tertiary/aromatic N) is 2. The van der Waals surface area contributed by atoms with Crippen molar-refractivity contribution in [2.75, 3.05) is 10.6 Å². The second kappa shape index (κ2) is 7.90. The van der Waals surface area contributed by atoms with E-state index in [1.54, 1.807) is 17.7 Å². The maximum absolute atomic E-state index is 12.1. The minimum Gasteiger partial charge on any atom is -0.356 e. The summed E-state index contributed by atoms with van der Waals surface area (Å²) in [5, 5.41) is 17.3. The van der Waals surface area contributed by atoms with Gasteiger partial charge in [0.2, 0.25) is 0 Å². The number of benzene rings is 2. The zero-order chi connectivity index (χ0) is 17.5. The molecule has 0 aliphatic heterocycles. The van der Waals surface area contributed by atoms with Gasteiger partial charge in [0.1, 0.15) is 11.6 Å². The molecule has 1 heterocycles. The van der Waals surface area contributed by atoms with Gasteiger partial charge in [-0.15, -0.1) is 11.3 Å². The van der Waals surface area contributed by atoms with Gasteiger partial charge in [-0.3, -0.25) is 10.1 Å². The number of hydrogen-bond acceptors (Lipinski definition) is 5. The molecule has 0 spiro atoms. The van der Waals surface area contributed by atoms with Crippen LogP contribution in [0.2, 0.25) is 0 Å². The van der Waals surface area contributed by atoms with E-state index in [2.05, 4.69) is 15.6 Å². The second-order valence-corrected chi connectivity index (χ2v) is 5.97. The molecular formula is C19H14N4OS. The number of hydrogen-bond donors (Lipinski definition) is 2. The predicted molar refractivity (Wildman–Crippen MR) is 101 cm³/mol. The van der Waals surface area contributed by atoms with E-state index in [4.69, 9.17) is 0 Å². The number of rotatable bonds is 5. The summed E-state index contributed by atoms with van der Waals surface area (Å²) in [7, 11) is 0. The number of aromatic nitrogens is 1. The summed E-state index contributed by atoms with van der Waals surface area (Å²) in [5.41, 5.74) is 2.71. The Balaban J connectivity index is 1.71. The fourth-order valence-corrected chi connectivity index (χ4v) is 2.64. The molecule has 3 aromatic rings. The maximum atomic E-state index is 12.1. The summed E-state index contributed by atoms with van der Waals surface area (Å²) in [4.78, 5) is 16.1. The number of carbonyl (C=O) groups excluding carboxylic acids is 1. The van der Waals surface area contributed by atoms with E-state index >= 15 is 0 Å². The van der Waals surface area contributed by atoms with E-state index in [1.165, 1.54) is 11.3 Å². The van der Waals surface area contributed by atoms with Crippen molar-refractivity contribution >= 4 is 39.8 Å². The summed E-state index contributed by atoms with van der Waals surface area (Å²) in [6, 6.07) is 19.2. The molecule has 0 bridgehead atoms. The van der Waals surface area contributed by atoms with Crippen molar-refractivity contribution in [3.8, 4) is 6.07 Å². The van der Waals surface area contributed by atoms with E-state index in [0.717, 1.165) is 16.9 Å². The molecule has 0 fully saturated rings. The van der Waals surface area contributed by atoms with Crippen LogP contribution >= 0.6 is 11.3 Å². The predicted octanol–water partition coefficient (Wildman–Crippen LogP) is 4.43. The van der Waals surface area contributed by atoms with Crippen molar-refractivity contribution in [1.82, 2.24) is 4.98 Å². The molecule has 25 heavy (non-hydrogen) atoms. The van der Waals surface area contributed by atoms with E-state index in [9.17, 15) is 10.1 Å². The van der Waals surface area contributed by atoms with E-state index in [1.807, 2.05) is 60.7 Å². The van der Waals surface area contributed by atoms with Crippen molar-refractivity contribution in [3.05, 3.63) is 77.3 Å². The molecule has 0 saturated carbocycles. The lowest BCUT2D eigenvalue weighted by atomic mass is 10.1. The highest BCUT2D eigenvalue weighted by Crippen LogP contribution is 2.18. The van der Waals surface area contributed by atoms with E-state index in [0.29, 0.717) is 5.13 Å². The van der Waals surface area contributed by atoms with Gasteiger partial charge in [-0.1, -0.05) is 30.3 Å². The zero-order valence-electron chi connectivity index (χ0n) is 13.1. The first-order chi connectivity index (χ1) is 12.2. The van der Waals surface area contributed by atoms with Crippen LogP contribution in [-0.4, -0.2) is 10.9 Å². The molecular weight excluding hydrogens is 332 g/mol. The van der Waals surface area contributed by atoms with Gasteiger partial charge in [-0.05, 0) is 35.9 Å². The molecule has 0 saturated heterocycles. The quantitative estimate of drug-likeness (QED) is 0.529. The molecule has 6 heteroatoms. The first kappa shape index (κ1) is 16.4. The Hall–Kier alpha value is -3.43. The molecule has 1 aromatic heterocycles. The van der Waals surface area contributed by atoms with Gasteiger partial charge in [0.25, 0.3) is 5.91 Å². The third-order valence-electron chi connectivity index (χ3n) is 3.30. The van der Waals surface area contributed by atoms with Crippen molar-refractivity contribution in [1.29, 1.82) is 5.26 Å². The van der Waals surface area contributed by atoms with Gasteiger partial charge in [-0.2, -0.15) is 5.26 Å². The highest BCUT2D eigenvalue weighted by atomic mass is 32.1. The standard InChI is InChI=1S/C19H14N4OS/c20-13-15(18(24)23-19-21-10-11-25-19)12-14-6-8-17(9-7-14)22-16-4-2-1-3-5-16/h1-12,22H,(H,21,23,24)/b15-12+. The molecule has 1 amide bonds. The molecule has 0 unspecified atom stereocenters. The normalized spacial score (nSPS) is 10.8. The lowest BCUT2D eigenvalue weighted by Crippen LogP contribution is -2.13. The van der Waals surface area contributed by atoms with Crippen LogP contribution < -0.4 is 10.6 Å². The Morgan fingerprint density at radius 2 is 1.80 bits per heavy atom. The molecule has 0 aliphatic carbocycles. The van der Waals surface area contributed by atoms with Gasteiger partial charge >= 0.3 is 0 Å². The highest BCUT2D eigenvalue weighted by molar-refractivity contribution is 7.13. The molecule has 122 valence electrons. The number of nitrogens with one attached hydrogen (secondary N) is 2. The number of anilines is 3. The van der Waals surface area contributed by atoms with Crippen LogP contribution in [0.15, 0.2) is 71.7 Å². The smallest absolute Gasteiger partial charge is 0.268 e. The third-order valence-corrected chi connectivity index (χ3v) is 3.99. The average Bonchev–Trinajstić information content (AvgIpc) is 3.15. The lowest BCUT2D eigenvalue weighted by molar-refractivity contribution is -0.112. The van der Waals surface area contributed by atoms with Crippen molar-refractivity contribution in [2.24, 2.45) is 0 Å². The van der Waals surface area contributed by atoms with Crippen molar-refractivity contribution in [2.45, 2.75) is 0 Å². The fraction of sp³-hybridized carbons (Fsp3) is 0. The first-order valence-electron chi connectivity index (χ1n) is 7.49. The minimum absolute atomic E-state index is 0.0268. The van der Waals surface area contributed by atoms with Crippen LogP contribution in [0.4, 0.5) is 16.5 Å². The van der Waals surface area contributed by atoms with E-state index < -0.39 is 5.91 Å². The molecule has 0 atom stereocenters. The average molecular weight is 346 g/mol. The Bertz CT molecular complexity index is 910. The first-order valence-corrected chi connectivity index (χ1v) is 8.37. The SMILES string of the molecule is N#C/C(=C\c1ccc(Nc2ccccc2)cc1)C(=O)Nc1nccs1. The van der Waals surface area contributed by atoms with Gasteiger partial charge in [0.15, 0.2) is 5.13 Å². The molecule has 3 rings (SSSR count). The zero-order valence-corrected chi connectivity index (χ0v) is 14.0. The summed E-state index contributed by atoms with van der Waals surface area (Å²) in [6.45, 7) is 0. The summed E-state index contributed by atoms with van der Waals surface area (Å²) in [6.07, 6.45) is 3.14. The molecule has 0 aliphatic rings. The highest BCUT2D eigenvalue weighted by Gasteiger charge is 2.10. The molecule has 0 radical (unpaired) electrons. The third kappa shape index (κ3) is 4.53. The van der Waals surface area contributed by atoms with Crippen LogP contribution in [0.5, 0.6) is 0 Å². The Kier molecular flexibility index (Phi) is 5.19. The molecule has 2 aromatic carbocycles. The van der Waals surface area contributed by atoms with Gasteiger partial charge in [0.05, 0.1) is 0 Å². The summed E-state index contributed by atoms with van der Waals surface area (Å²) in [5.74, 6) is -0.469. The Labute approximate surface area is 149 Å². The molecule has 2 N–H and O–H groups in total. The number of nitriles is 1. The summed E-state index contributed by atoms with van der Waals surface area (Å²) >= 11 is 1.30. The summed E-state index contributed by atoms with van der Waals surface area (Å²) < 4.78 is 0. The lowest BCUT2D eigenvalue weighted by Gasteiger charge is -2.06. The van der Waals surface area contributed by atoms with Crippen LogP contribution in [0, 0.1) is 11.3 Å². The van der Waals surface area contributed by atoms with Crippen LogP contribution in [0.25, 0.3) is 6.08 Å². The van der Waals surface area contributed by atoms with Crippen molar-refractivity contribution in [3.63, 3.8) is 0 Å². The Morgan fingerprint density at radius 1 is 1.08 bits per heavy atom. The van der Waals surface area contributed by atoms with Crippen LogP contribution in [-0.2, 0) is 4.79 Å². The van der Waals surface area contributed by atoms with Gasteiger partial charge < -0.3 is 5.32 Å². The van der Waals surface area contributed by atoms with Crippen LogP contribution in [0.3, 0.4) is 0 Å². The van der Waals surface area contributed by atoms with Crippen LogP contribution in [0.1, 0.15) is 5.56 Å². The Morgan fingerprint density at radius 3 is 2.44 bits per heavy atom. The largest absolute Gasteiger partial charge is 0.356 e. The maximum Gasteiger partial charge on any atom is 0.268 e. The number of carbonyl (C=O) groups is 1. The fourth-order valence-electron chi connectivity index (χ4n) is 2.12. The number of amides is 1. The topological polar surface area (TPSA) is 77.8 Å². The van der Waals surface area contributed by atoms with E-state index in [-0.39, 0.29) is 5.57 Å².